The number of hydrogen-bond acceptors (Lipinski definition) is 4. The number of nitrogens with zero attached hydrogens (tertiary/aromatic N) is 3. The molecule has 1 saturated heterocycles. The highest BCUT2D eigenvalue weighted by Gasteiger charge is 2.31. The molecular formula is C15H21N3O2. The molecule has 3 rings (SSSR count). The molecule has 1 N–H and O–H groups in total. The van der Waals surface area contributed by atoms with Gasteiger partial charge in [-0.1, -0.05) is 0 Å². The van der Waals surface area contributed by atoms with Gasteiger partial charge in [0.15, 0.2) is 0 Å². The van der Waals surface area contributed by atoms with Gasteiger partial charge in [0, 0.05) is 31.7 Å². The molecular weight excluding hydrogens is 254 g/mol. The fraction of sp³-hybridized carbons (Fsp3) is 0.600. The van der Waals surface area contributed by atoms with Gasteiger partial charge < -0.3 is 14.4 Å². The summed E-state index contributed by atoms with van der Waals surface area (Å²) in [5, 5.41) is 10.7. The van der Waals surface area contributed by atoms with Gasteiger partial charge in [0.2, 0.25) is 0 Å². The van der Waals surface area contributed by atoms with E-state index in [9.17, 15) is 5.11 Å². The summed E-state index contributed by atoms with van der Waals surface area (Å²) in [5.74, 6) is 0.926. The predicted octanol–water partition coefficient (Wildman–Crippen LogP) is 1.90. The first kappa shape index (κ1) is 13.5. The Kier molecular flexibility index (Phi) is 3.26. The van der Waals surface area contributed by atoms with Crippen LogP contribution in [0.4, 0.5) is 0 Å². The number of ether oxygens (including phenoxy) is 1. The van der Waals surface area contributed by atoms with Gasteiger partial charge in [0.25, 0.3) is 0 Å². The molecule has 0 spiro atoms. The van der Waals surface area contributed by atoms with Crippen molar-refractivity contribution in [3.63, 3.8) is 0 Å². The number of aliphatic hydroxyl groups is 1. The number of pyridine rings is 1. The summed E-state index contributed by atoms with van der Waals surface area (Å²) < 4.78 is 7.48. The van der Waals surface area contributed by atoms with Gasteiger partial charge in [0.05, 0.1) is 23.9 Å². The van der Waals surface area contributed by atoms with E-state index in [0.717, 1.165) is 28.1 Å². The van der Waals surface area contributed by atoms with Crippen LogP contribution >= 0.6 is 0 Å². The highest BCUT2D eigenvalue weighted by molar-refractivity contribution is 5.79. The van der Waals surface area contributed by atoms with E-state index in [-0.39, 0.29) is 0 Å². The maximum absolute atomic E-state index is 10.7. The van der Waals surface area contributed by atoms with Crippen LogP contribution in [-0.2, 0) is 11.3 Å². The number of imidazole rings is 1. The number of fused-ring (bicyclic) bond motifs is 1. The Morgan fingerprint density at radius 3 is 2.70 bits per heavy atom. The third-order valence-corrected chi connectivity index (χ3v) is 4.34. The SMILES string of the molecule is Cc1ncc2nc(C)n(CC3(O)CCOCC3)c2c1C. The van der Waals surface area contributed by atoms with E-state index in [1.807, 2.05) is 20.0 Å². The molecule has 2 aromatic heterocycles. The van der Waals surface area contributed by atoms with Crippen LogP contribution in [0.25, 0.3) is 11.0 Å². The van der Waals surface area contributed by atoms with Gasteiger partial charge in [0.1, 0.15) is 11.3 Å². The van der Waals surface area contributed by atoms with Crippen molar-refractivity contribution in [1.29, 1.82) is 0 Å². The maximum atomic E-state index is 10.7. The molecule has 20 heavy (non-hydrogen) atoms. The second-order valence-corrected chi connectivity index (χ2v) is 5.78. The summed E-state index contributed by atoms with van der Waals surface area (Å²) in [4.78, 5) is 8.94. The average molecular weight is 275 g/mol. The standard InChI is InChI=1S/C15H21N3O2/c1-10-11(2)16-8-13-14(10)18(12(3)17-13)9-15(19)4-6-20-7-5-15/h8,19H,4-7,9H2,1-3H3. The van der Waals surface area contributed by atoms with E-state index < -0.39 is 5.60 Å². The zero-order valence-corrected chi connectivity index (χ0v) is 12.3. The minimum absolute atomic E-state index is 0.572. The van der Waals surface area contributed by atoms with Crippen molar-refractivity contribution in [2.24, 2.45) is 0 Å². The lowest BCUT2D eigenvalue weighted by Gasteiger charge is -2.33. The molecule has 0 atom stereocenters. The molecule has 3 heterocycles. The number of aromatic nitrogens is 3. The number of hydrogen-bond donors (Lipinski definition) is 1. The molecule has 0 aromatic carbocycles. The van der Waals surface area contributed by atoms with Crippen molar-refractivity contribution >= 4 is 11.0 Å². The van der Waals surface area contributed by atoms with Crippen LogP contribution in [0, 0.1) is 20.8 Å². The van der Waals surface area contributed by atoms with Gasteiger partial charge in [-0.3, -0.25) is 4.98 Å². The van der Waals surface area contributed by atoms with E-state index in [1.54, 1.807) is 0 Å². The lowest BCUT2D eigenvalue weighted by molar-refractivity contribution is -0.0725. The summed E-state index contributed by atoms with van der Waals surface area (Å²) in [5.41, 5.74) is 3.45. The molecule has 0 unspecified atom stereocenters. The summed E-state index contributed by atoms with van der Waals surface area (Å²) in [6.07, 6.45) is 3.17. The Bertz CT molecular complexity index is 642. The van der Waals surface area contributed by atoms with Crippen molar-refractivity contribution in [3.05, 3.63) is 23.3 Å². The van der Waals surface area contributed by atoms with Gasteiger partial charge >= 0.3 is 0 Å². The highest BCUT2D eigenvalue weighted by atomic mass is 16.5. The number of rotatable bonds is 2. The molecule has 0 aliphatic carbocycles. The van der Waals surface area contributed by atoms with Gasteiger partial charge in [-0.25, -0.2) is 4.98 Å². The van der Waals surface area contributed by atoms with Crippen LogP contribution in [-0.4, -0.2) is 38.5 Å². The fourth-order valence-electron chi connectivity index (χ4n) is 2.90. The van der Waals surface area contributed by atoms with Gasteiger partial charge in [-0.15, -0.1) is 0 Å². The molecule has 1 fully saturated rings. The third-order valence-electron chi connectivity index (χ3n) is 4.34. The average Bonchev–Trinajstić information content (AvgIpc) is 2.72. The molecule has 0 saturated carbocycles. The summed E-state index contributed by atoms with van der Waals surface area (Å²) in [7, 11) is 0. The molecule has 1 aliphatic heterocycles. The largest absolute Gasteiger partial charge is 0.388 e. The van der Waals surface area contributed by atoms with Crippen LogP contribution in [0.15, 0.2) is 6.20 Å². The van der Waals surface area contributed by atoms with Crippen LogP contribution in [0.5, 0.6) is 0 Å². The van der Waals surface area contributed by atoms with E-state index in [4.69, 9.17) is 4.74 Å². The van der Waals surface area contributed by atoms with Gasteiger partial charge in [-0.05, 0) is 26.3 Å². The first-order chi connectivity index (χ1) is 9.50. The minimum Gasteiger partial charge on any atom is -0.388 e. The normalized spacial score (nSPS) is 18.6. The first-order valence-corrected chi connectivity index (χ1v) is 7.09. The van der Waals surface area contributed by atoms with Crippen molar-refractivity contribution < 1.29 is 9.84 Å². The molecule has 0 bridgehead atoms. The Balaban J connectivity index is 2.06. The second kappa shape index (κ2) is 4.82. The molecule has 108 valence electrons. The van der Waals surface area contributed by atoms with Crippen molar-refractivity contribution in [3.8, 4) is 0 Å². The van der Waals surface area contributed by atoms with E-state index >= 15 is 0 Å². The topological polar surface area (TPSA) is 60.2 Å². The Morgan fingerprint density at radius 2 is 2.00 bits per heavy atom. The van der Waals surface area contributed by atoms with Gasteiger partial charge in [-0.2, -0.15) is 0 Å². The minimum atomic E-state index is -0.694. The second-order valence-electron chi connectivity index (χ2n) is 5.78. The Morgan fingerprint density at radius 1 is 1.30 bits per heavy atom. The molecule has 1 aliphatic rings. The number of aryl methyl sites for hydroxylation is 3. The summed E-state index contributed by atoms with van der Waals surface area (Å²) in [6.45, 7) is 7.88. The zero-order chi connectivity index (χ0) is 14.3. The van der Waals surface area contributed by atoms with Crippen LogP contribution in [0.1, 0.15) is 29.9 Å². The Hall–Kier alpha value is -1.46. The summed E-state index contributed by atoms with van der Waals surface area (Å²) >= 11 is 0. The quantitative estimate of drug-likeness (QED) is 0.909. The molecule has 5 heteroatoms. The smallest absolute Gasteiger partial charge is 0.107 e. The Labute approximate surface area is 118 Å². The predicted molar refractivity (Wildman–Crippen MR) is 76.7 cm³/mol. The lowest BCUT2D eigenvalue weighted by Crippen LogP contribution is -2.40. The summed E-state index contributed by atoms with van der Waals surface area (Å²) in [6, 6.07) is 0. The van der Waals surface area contributed by atoms with E-state index in [1.165, 1.54) is 0 Å². The highest BCUT2D eigenvalue weighted by Crippen LogP contribution is 2.27. The van der Waals surface area contributed by atoms with Crippen LogP contribution < -0.4 is 0 Å². The monoisotopic (exact) mass is 275 g/mol. The van der Waals surface area contributed by atoms with E-state index in [2.05, 4.69) is 21.5 Å². The molecule has 0 amide bonds. The van der Waals surface area contributed by atoms with Crippen molar-refractivity contribution in [1.82, 2.24) is 14.5 Å². The first-order valence-electron chi connectivity index (χ1n) is 7.09. The van der Waals surface area contributed by atoms with Crippen LogP contribution in [0.3, 0.4) is 0 Å². The zero-order valence-electron chi connectivity index (χ0n) is 12.3. The van der Waals surface area contributed by atoms with E-state index in [0.29, 0.717) is 32.6 Å². The van der Waals surface area contributed by atoms with Crippen molar-refractivity contribution in [2.45, 2.75) is 45.8 Å². The van der Waals surface area contributed by atoms with Crippen molar-refractivity contribution in [2.75, 3.05) is 13.2 Å². The lowest BCUT2D eigenvalue weighted by atomic mass is 9.94. The fourth-order valence-corrected chi connectivity index (χ4v) is 2.90. The molecule has 2 aromatic rings. The molecule has 5 nitrogen and oxygen atoms in total. The maximum Gasteiger partial charge on any atom is 0.107 e. The van der Waals surface area contributed by atoms with Crippen LogP contribution in [0.2, 0.25) is 0 Å². The third kappa shape index (κ3) is 2.21. The molecule has 0 radical (unpaired) electrons.